The highest BCUT2D eigenvalue weighted by molar-refractivity contribution is 5.84. The topological polar surface area (TPSA) is 66.8 Å². The zero-order chi connectivity index (χ0) is 10.2. The van der Waals surface area contributed by atoms with Gasteiger partial charge >= 0.3 is 0 Å². The Hall–Kier alpha value is -0.450. The lowest BCUT2D eigenvalue weighted by atomic mass is 10.2. The van der Waals surface area contributed by atoms with Crippen molar-refractivity contribution in [3.8, 4) is 0 Å². The minimum atomic E-state index is -1.47. The second-order valence-corrected chi connectivity index (χ2v) is 4.22. The average molecular weight is 200 g/mol. The Morgan fingerprint density at radius 2 is 2.14 bits per heavy atom. The minimum Gasteiger partial charge on any atom is -0.388 e. The monoisotopic (exact) mass is 200 g/mol. The van der Waals surface area contributed by atoms with Crippen LogP contribution in [-0.4, -0.2) is 34.0 Å². The van der Waals surface area contributed by atoms with Gasteiger partial charge in [0.25, 0.3) is 0 Å². The normalized spacial score (nSPS) is 43.4. The van der Waals surface area contributed by atoms with Crippen LogP contribution >= 0.6 is 0 Å². The van der Waals surface area contributed by atoms with Gasteiger partial charge in [-0.25, -0.2) is 0 Å². The summed E-state index contributed by atoms with van der Waals surface area (Å²) in [6, 6.07) is 0. The van der Waals surface area contributed by atoms with Crippen LogP contribution in [0.25, 0.3) is 0 Å². The molecule has 3 unspecified atom stereocenters. The van der Waals surface area contributed by atoms with Gasteiger partial charge in [-0.15, -0.1) is 0 Å². The van der Waals surface area contributed by atoms with E-state index in [4.69, 9.17) is 4.74 Å². The third-order valence-corrected chi connectivity index (χ3v) is 3.13. The number of ketones is 1. The van der Waals surface area contributed by atoms with E-state index in [0.717, 1.165) is 12.8 Å². The van der Waals surface area contributed by atoms with Crippen LogP contribution in [0.4, 0.5) is 0 Å². The molecular formula is C10H16O4. The first kappa shape index (κ1) is 10.1. The number of carbonyl (C=O) groups is 1. The number of ether oxygens (including phenoxy) is 1. The number of rotatable bonds is 2. The van der Waals surface area contributed by atoms with Gasteiger partial charge in [0.2, 0.25) is 0 Å². The zero-order valence-electron chi connectivity index (χ0n) is 8.11. The summed E-state index contributed by atoms with van der Waals surface area (Å²) in [5.74, 6) is -1.41. The molecule has 0 aromatic carbocycles. The summed E-state index contributed by atoms with van der Waals surface area (Å²) in [5, 5.41) is 19.4. The van der Waals surface area contributed by atoms with E-state index in [2.05, 4.69) is 0 Å². The first-order valence-corrected chi connectivity index (χ1v) is 5.23. The molecule has 4 nitrogen and oxygen atoms in total. The molecule has 0 heterocycles. The van der Waals surface area contributed by atoms with E-state index in [9.17, 15) is 15.0 Å². The lowest BCUT2D eigenvalue weighted by molar-refractivity contribution is -0.259. The fourth-order valence-electron chi connectivity index (χ4n) is 2.23. The molecule has 0 aliphatic heterocycles. The van der Waals surface area contributed by atoms with Crippen molar-refractivity contribution < 1.29 is 19.7 Å². The summed E-state index contributed by atoms with van der Waals surface area (Å²) in [4.78, 5) is 11.3. The average Bonchev–Trinajstić information content (AvgIpc) is 2.64. The van der Waals surface area contributed by atoms with E-state index in [1.807, 2.05) is 0 Å². The Morgan fingerprint density at radius 3 is 2.64 bits per heavy atom. The lowest BCUT2D eigenvalue weighted by Gasteiger charge is -2.29. The third-order valence-electron chi connectivity index (χ3n) is 3.13. The Kier molecular flexibility index (Phi) is 2.60. The Morgan fingerprint density at radius 1 is 1.36 bits per heavy atom. The van der Waals surface area contributed by atoms with Gasteiger partial charge in [0.1, 0.15) is 12.2 Å². The number of aliphatic hydroxyl groups is 2. The molecule has 4 heteroatoms. The van der Waals surface area contributed by atoms with Crippen LogP contribution < -0.4 is 0 Å². The summed E-state index contributed by atoms with van der Waals surface area (Å²) in [6.07, 6.45) is 2.44. The Balaban J connectivity index is 1.98. The second-order valence-electron chi connectivity index (χ2n) is 4.22. The first-order chi connectivity index (χ1) is 6.62. The molecule has 80 valence electrons. The van der Waals surface area contributed by atoms with Gasteiger partial charge in [0.05, 0.1) is 0 Å². The van der Waals surface area contributed by atoms with Crippen LogP contribution in [0.2, 0.25) is 0 Å². The van der Waals surface area contributed by atoms with Gasteiger partial charge in [-0.3, -0.25) is 4.79 Å². The largest absolute Gasteiger partial charge is 0.388 e. The predicted octanol–water partition coefficient (Wildman–Crippen LogP) is 0.358. The summed E-state index contributed by atoms with van der Waals surface area (Å²) >= 11 is 0. The van der Waals surface area contributed by atoms with Crippen molar-refractivity contribution in [3.05, 3.63) is 0 Å². The lowest BCUT2D eigenvalue weighted by Crippen LogP contribution is -2.44. The number of aliphatic hydroxyl groups excluding tert-OH is 1. The van der Waals surface area contributed by atoms with Gasteiger partial charge in [-0.2, -0.15) is 0 Å². The van der Waals surface area contributed by atoms with Crippen molar-refractivity contribution in [1.29, 1.82) is 0 Å². The molecule has 0 saturated heterocycles. The molecule has 2 rings (SSSR count). The third kappa shape index (κ3) is 1.69. The van der Waals surface area contributed by atoms with Crippen molar-refractivity contribution >= 4 is 5.78 Å². The molecule has 2 saturated carbocycles. The fraction of sp³-hybridized carbons (Fsp3) is 0.900. The highest BCUT2D eigenvalue weighted by Gasteiger charge is 2.44. The summed E-state index contributed by atoms with van der Waals surface area (Å²) in [6.45, 7) is 0. The molecular weight excluding hydrogens is 184 g/mol. The maximum absolute atomic E-state index is 11.3. The van der Waals surface area contributed by atoms with E-state index >= 15 is 0 Å². The summed E-state index contributed by atoms with van der Waals surface area (Å²) in [5.41, 5.74) is 0. The molecule has 0 aromatic heterocycles. The predicted molar refractivity (Wildman–Crippen MR) is 48.5 cm³/mol. The van der Waals surface area contributed by atoms with Gasteiger partial charge in [0, 0.05) is 12.8 Å². The Bertz CT molecular complexity index is 240. The first-order valence-electron chi connectivity index (χ1n) is 5.23. The fourth-order valence-corrected chi connectivity index (χ4v) is 2.23. The number of hydrogen-bond acceptors (Lipinski definition) is 4. The maximum Gasteiger partial charge on any atom is 0.192 e. The molecule has 3 atom stereocenters. The SMILES string of the molecule is O=C1CCCC1OC1(O)CCCC1O. The smallest absolute Gasteiger partial charge is 0.192 e. The number of carbonyl (C=O) groups excluding carboxylic acids is 1. The van der Waals surface area contributed by atoms with Crippen molar-refractivity contribution in [3.63, 3.8) is 0 Å². The molecule has 2 aliphatic carbocycles. The molecule has 0 aromatic rings. The van der Waals surface area contributed by atoms with E-state index in [1.54, 1.807) is 0 Å². The van der Waals surface area contributed by atoms with E-state index in [-0.39, 0.29) is 5.78 Å². The highest BCUT2D eigenvalue weighted by Crippen LogP contribution is 2.34. The van der Waals surface area contributed by atoms with Crippen LogP contribution in [0.1, 0.15) is 38.5 Å². The molecule has 0 spiro atoms. The van der Waals surface area contributed by atoms with Crippen molar-refractivity contribution in [1.82, 2.24) is 0 Å². The number of Topliss-reactive ketones (excluding diaryl/α,β-unsaturated/α-hetero) is 1. The molecule has 0 radical (unpaired) electrons. The highest BCUT2D eigenvalue weighted by atomic mass is 16.6. The Labute approximate surface area is 82.9 Å². The maximum atomic E-state index is 11.3. The molecule has 0 amide bonds. The van der Waals surface area contributed by atoms with Crippen molar-refractivity contribution in [2.24, 2.45) is 0 Å². The van der Waals surface area contributed by atoms with Crippen LogP contribution in [0.3, 0.4) is 0 Å². The van der Waals surface area contributed by atoms with Crippen LogP contribution in [-0.2, 0) is 9.53 Å². The van der Waals surface area contributed by atoms with Gasteiger partial charge in [0.15, 0.2) is 11.6 Å². The molecule has 2 fully saturated rings. The molecule has 14 heavy (non-hydrogen) atoms. The van der Waals surface area contributed by atoms with Crippen LogP contribution in [0, 0.1) is 0 Å². The zero-order valence-corrected chi connectivity index (χ0v) is 8.11. The summed E-state index contributed by atoms with van der Waals surface area (Å²) in [7, 11) is 0. The van der Waals surface area contributed by atoms with Crippen LogP contribution in [0.5, 0.6) is 0 Å². The van der Waals surface area contributed by atoms with Gasteiger partial charge < -0.3 is 14.9 Å². The second kappa shape index (κ2) is 3.61. The van der Waals surface area contributed by atoms with E-state index < -0.39 is 18.0 Å². The van der Waals surface area contributed by atoms with E-state index in [0.29, 0.717) is 25.7 Å². The minimum absolute atomic E-state index is 0.0533. The van der Waals surface area contributed by atoms with Crippen molar-refractivity contribution in [2.45, 2.75) is 56.5 Å². The van der Waals surface area contributed by atoms with Crippen molar-refractivity contribution in [2.75, 3.05) is 0 Å². The van der Waals surface area contributed by atoms with Crippen LogP contribution in [0.15, 0.2) is 0 Å². The van der Waals surface area contributed by atoms with E-state index in [1.165, 1.54) is 0 Å². The van der Waals surface area contributed by atoms with Gasteiger partial charge in [-0.05, 0) is 25.7 Å². The standard InChI is InChI=1S/C10H16O4/c11-7-3-1-4-8(7)14-10(13)6-2-5-9(10)12/h8-9,12-13H,1-6H2. The molecule has 2 aliphatic rings. The summed E-state index contributed by atoms with van der Waals surface area (Å²) < 4.78 is 5.34. The molecule has 0 bridgehead atoms. The van der Waals surface area contributed by atoms with Gasteiger partial charge in [-0.1, -0.05) is 0 Å². The molecule has 2 N–H and O–H groups in total. The number of hydrogen-bond donors (Lipinski definition) is 2. The quantitative estimate of drug-likeness (QED) is 0.631.